The molecule has 118 valence electrons. The molecular weight excluding hydrogens is 278 g/mol. The van der Waals surface area contributed by atoms with E-state index in [1.165, 1.54) is 11.9 Å². The minimum Gasteiger partial charge on any atom is -0.393 e. The zero-order valence-corrected chi connectivity index (χ0v) is 13.0. The summed E-state index contributed by atoms with van der Waals surface area (Å²) >= 11 is 0. The molecule has 4 N–H and O–H groups in total. The zero-order chi connectivity index (χ0) is 15.8. The molecule has 2 rings (SSSR count). The Morgan fingerprint density at radius 3 is 2.64 bits per heavy atom. The topological polar surface area (TPSA) is 85.1 Å². The standard InChI is InChI=1S/C16H23N5O/c1-12(13-7-4-3-5-8-13)21-16-14(17)15(19-11-20-16)18-9-6-10-22-2/h3-5,7-8,11-12H,6,9-10,17H2,1-2H3,(H2,18,19,20,21). The number of ether oxygens (including phenoxy) is 1. The molecule has 1 aromatic carbocycles. The van der Waals surface area contributed by atoms with Gasteiger partial charge in [-0.2, -0.15) is 0 Å². The molecule has 0 spiro atoms. The number of hydrogen-bond acceptors (Lipinski definition) is 6. The van der Waals surface area contributed by atoms with Crippen LogP contribution in [0.3, 0.4) is 0 Å². The number of nitrogens with two attached hydrogens (primary N) is 1. The second-order valence-corrected chi connectivity index (χ2v) is 5.03. The van der Waals surface area contributed by atoms with E-state index in [4.69, 9.17) is 10.5 Å². The van der Waals surface area contributed by atoms with Crippen molar-refractivity contribution >= 4 is 17.3 Å². The molecule has 0 aliphatic carbocycles. The molecule has 6 nitrogen and oxygen atoms in total. The molecule has 0 radical (unpaired) electrons. The summed E-state index contributed by atoms with van der Waals surface area (Å²) in [6, 6.07) is 10.3. The van der Waals surface area contributed by atoms with Crippen LogP contribution in [0.1, 0.15) is 24.9 Å². The van der Waals surface area contributed by atoms with Crippen molar-refractivity contribution in [1.29, 1.82) is 0 Å². The van der Waals surface area contributed by atoms with Crippen molar-refractivity contribution in [2.24, 2.45) is 0 Å². The Bertz CT molecular complexity index is 576. The van der Waals surface area contributed by atoms with Gasteiger partial charge in [-0.05, 0) is 18.9 Å². The predicted octanol–water partition coefficient (Wildman–Crippen LogP) is 2.68. The van der Waals surface area contributed by atoms with E-state index >= 15 is 0 Å². The van der Waals surface area contributed by atoms with Gasteiger partial charge in [-0.25, -0.2) is 9.97 Å². The highest BCUT2D eigenvalue weighted by molar-refractivity contribution is 5.74. The van der Waals surface area contributed by atoms with Crippen LogP contribution in [0.5, 0.6) is 0 Å². The number of rotatable bonds is 8. The molecular formula is C16H23N5O. The monoisotopic (exact) mass is 301 g/mol. The maximum Gasteiger partial charge on any atom is 0.155 e. The van der Waals surface area contributed by atoms with Gasteiger partial charge in [0.2, 0.25) is 0 Å². The van der Waals surface area contributed by atoms with Crippen molar-refractivity contribution in [3.8, 4) is 0 Å². The van der Waals surface area contributed by atoms with Gasteiger partial charge in [-0.1, -0.05) is 30.3 Å². The van der Waals surface area contributed by atoms with E-state index < -0.39 is 0 Å². The first kappa shape index (κ1) is 16.0. The molecule has 0 amide bonds. The van der Waals surface area contributed by atoms with Crippen molar-refractivity contribution in [3.05, 3.63) is 42.2 Å². The second kappa shape index (κ2) is 8.19. The third-order valence-electron chi connectivity index (χ3n) is 3.35. The molecule has 1 unspecified atom stereocenters. The number of aromatic nitrogens is 2. The summed E-state index contributed by atoms with van der Waals surface area (Å²) in [4.78, 5) is 8.43. The van der Waals surface area contributed by atoms with E-state index in [9.17, 15) is 0 Å². The van der Waals surface area contributed by atoms with Gasteiger partial charge in [0.25, 0.3) is 0 Å². The van der Waals surface area contributed by atoms with Crippen LogP contribution in [0.4, 0.5) is 17.3 Å². The molecule has 22 heavy (non-hydrogen) atoms. The minimum atomic E-state index is 0.111. The highest BCUT2D eigenvalue weighted by atomic mass is 16.5. The van der Waals surface area contributed by atoms with Crippen LogP contribution >= 0.6 is 0 Å². The molecule has 0 aliphatic heterocycles. The lowest BCUT2D eigenvalue weighted by Gasteiger charge is -2.17. The van der Waals surface area contributed by atoms with Gasteiger partial charge in [-0.15, -0.1) is 0 Å². The lowest BCUT2D eigenvalue weighted by Crippen LogP contribution is -2.13. The van der Waals surface area contributed by atoms with Crippen molar-refractivity contribution in [2.45, 2.75) is 19.4 Å². The van der Waals surface area contributed by atoms with E-state index in [-0.39, 0.29) is 6.04 Å². The molecule has 0 saturated heterocycles. The Hall–Kier alpha value is -2.34. The van der Waals surface area contributed by atoms with Gasteiger partial charge in [0.1, 0.15) is 12.0 Å². The maximum atomic E-state index is 6.14. The van der Waals surface area contributed by atoms with Crippen molar-refractivity contribution in [1.82, 2.24) is 9.97 Å². The third kappa shape index (κ3) is 4.33. The van der Waals surface area contributed by atoms with Crippen LogP contribution in [0, 0.1) is 0 Å². The van der Waals surface area contributed by atoms with Crippen LogP contribution in [0.2, 0.25) is 0 Å². The SMILES string of the molecule is COCCCNc1ncnc(NC(C)c2ccccc2)c1N. The van der Waals surface area contributed by atoms with Crippen LogP contribution < -0.4 is 16.4 Å². The Labute approximate surface area is 131 Å². The Morgan fingerprint density at radius 2 is 1.91 bits per heavy atom. The third-order valence-corrected chi connectivity index (χ3v) is 3.35. The first-order chi connectivity index (χ1) is 10.7. The maximum absolute atomic E-state index is 6.14. The summed E-state index contributed by atoms with van der Waals surface area (Å²) in [5.41, 5.74) is 7.85. The quantitative estimate of drug-likeness (QED) is 0.650. The summed E-state index contributed by atoms with van der Waals surface area (Å²) in [7, 11) is 1.69. The Kier molecular flexibility index (Phi) is 5.97. The molecule has 0 aliphatic rings. The van der Waals surface area contributed by atoms with E-state index in [1.807, 2.05) is 18.2 Å². The molecule has 1 atom stereocenters. The zero-order valence-electron chi connectivity index (χ0n) is 13.0. The largest absolute Gasteiger partial charge is 0.393 e. The van der Waals surface area contributed by atoms with Gasteiger partial charge in [0.05, 0.1) is 6.04 Å². The van der Waals surface area contributed by atoms with E-state index in [0.717, 1.165) is 13.0 Å². The summed E-state index contributed by atoms with van der Waals surface area (Å²) in [6.45, 7) is 3.53. The average Bonchev–Trinajstić information content (AvgIpc) is 2.55. The molecule has 1 heterocycles. The van der Waals surface area contributed by atoms with Gasteiger partial charge < -0.3 is 21.1 Å². The van der Waals surface area contributed by atoms with Crippen LogP contribution in [-0.2, 0) is 4.74 Å². The highest BCUT2D eigenvalue weighted by Gasteiger charge is 2.11. The number of nitrogen functional groups attached to an aromatic ring is 1. The minimum absolute atomic E-state index is 0.111. The fourth-order valence-electron chi connectivity index (χ4n) is 2.10. The first-order valence-electron chi connectivity index (χ1n) is 7.37. The van der Waals surface area contributed by atoms with E-state index in [2.05, 4.69) is 39.7 Å². The number of nitrogens with one attached hydrogen (secondary N) is 2. The lowest BCUT2D eigenvalue weighted by molar-refractivity contribution is 0.198. The van der Waals surface area contributed by atoms with E-state index in [0.29, 0.717) is 23.9 Å². The fraction of sp³-hybridized carbons (Fsp3) is 0.375. The highest BCUT2D eigenvalue weighted by Crippen LogP contribution is 2.26. The molecule has 1 aromatic heterocycles. The molecule has 0 fully saturated rings. The Morgan fingerprint density at radius 1 is 1.18 bits per heavy atom. The van der Waals surface area contributed by atoms with Crippen molar-refractivity contribution < 1.29 is 4.74 Å². The number of methoxy groups -OCH3 is 1. The smallest absolute Gasteiger partial charge is 0.155 e. The summed E-state index contributed by atoms with van der Waals surface area (Å²) in [5, 5.41) is 6.53. The molecule has 0 bridgehead atoms. The van der Waals surface area contributed by atoms with Crippen LogP contribution in [0.25, 0.3) is 0 Å². The predicted molar refractivity (Wildman–Crippen MR) is 89.9 cm³/mol. The lowest BCUT2D eigenvalue weighted by atomic mass is 10.1. The number of nitrogens with zero attached hydrogens (tertiary/aromatic N) is 2. The summed E-state index contributed by atoms with van der Waals surface area (Å²) in [5.74, 6) is 1.29. The molecule has 6 heteroatoms. The van der Waals surface area contributed by atoms with Crippen molar-refractivity contribution in [3.63, 3.8) is 0 Å². The van der Waals surface area contributed by atoms with Crippen LogP contribution in [0.15, 0.2) is 36.7 Å². The fourth-order valence-corrected chi connectivity index (χ4v) is 2.10. The summed E-state index contributed by atoms with van der Waals surface area (Å²) < 4.78 is 5.02. The van der Waals surface area contributed by atoms with Crippen molar-refractivity contribution in [2.75, 3.05) is 36.6 Å². The van der Waals surface area contributed by atoms with Gasteiger partial charge in [0, 0.05) is 20.3 Å². The van der Waals surface area contributed by atoms with Gasteiger partial charge >= 0.3 is 0 Å². The van der Waals surface area contributed by atoms with E-state index in [1.54, 1.807) is 7.11 Å². The second-order valence-electron chi connectivity index (χ2n) is 5.03. The number of benzene rings is 1. The normalized spacial score (nSPS) is 11.9. The average molecular weight is 301 g/mol. The molecule has 0 saturated carbocycles. The van der Waals surface area contributed by atoms with Crippen LogP contribution in [-0.4, -0.2) is 30.2 Å². The Balaban J connectivity index is 2.02. The van der Waals surface area contributed by atoms with Gasteiger partial charge in [0.15, 0.2) is 11.6 Å². The molecule has 2 aromatic rings. The number of anilines is 3. The summed E-state index contributed by atoms with van der Waals surface area (Å²) in [6.07, 6.45) is 2.40. The number of hydrogen-bond donors (Lipinski definition) is 3. The first-order valence-corrected chi connectivity index (χ1v) is 7.37. The van der Waals surface area contributed by atoms with Gasteiger partial charge in [-0.3, -0.25) is 0 Å².